The summed E-state index contributed by atoms with van der Waals surface area (Å²) in [5.41, 5.74) is 6.01. The number of benzene rings is 1. The largest absolute Gasteiger partial charge is 0.340 e. The summed E-state index contributed by atoms with van der Waals surface area (Å²) in [6.07, 6.45) is 0. The highest BCUT2D eigenvalue weighted by molar-refractivity contribution is 5.60. The molecule has 1 aromatic heterocycles. The second-order valence-corrected chi connectivity index (χ2v) is 5.30. The molecule has 2 rings (SSSR count). The SMILES string of the molecule is Cc1cc(C)cc(Nc2cc(NN)nc(C(C)C)n2)c1. The minimum Gasteiger partial charge on any atom is -0.340 e. The monoisotopic (exact) mass is 271 g/mol. The van der Waals surface area contributed by atoms with Crippen molar-refractivity contribution in [1.82, 2.24) is 9.97 Å². The quantitative estimate of drug-likeness (QED) is 0.588. The normalized spacial score (nSPS) is 10.7. The molecule has 20 heavy (non-hydrogen) atoms. The zero-order valence-electron chi connectivity index (χ0n) is 12.4. The molecule has 0 amide bonds. The summed E-state index contributed by atoms with van der Waals surface area (Å²) in [5, 5.41) is 3.31. The van der Waals surface area contributed by atoms with Crippen molar-refractivity contribution in [3.63, 3.8) is 0 Å². The van der Waals surface area contributed by atoms with Gasteiger partial charge in [-0.05, 0) is 37.1 Å². The van der Waals surface area contributed by atoms with Gasteiger partial charge < -0.3 is 10.7 Å². The molecule has 0 atom stereocenters. The van der Waals surface area contributed by atoms with Crippen molar-refractivity contribution in [3.05, 3.63) is 41.2 Å². The summed E-state index contributed by atoms with van der Waals surface area (Å²) in [5.74, 6) is 7.80. The number of nitrogen functional groups attached to an aromatic ring is 1. The van der Waals surface area contributed by atoms with Crippen LogP contribution in [0.3, 0.4) is 0 Å². The highest BCUT2D eigenvalue weighted by Gasteiger charge is 2.08. The van der Waals surface area contributed by atoms with E-state index in [0.29, 0.717) is 5.82 Å². The lowest BCUT2D eigenvalue weighted by Crippen LogP contribution is -2.12. The number of hydrogen-bond donors (Lipinski definition) is 3. The number of rotatable bonds is 4. The van der Waals surface area contributed by atoms with Crippen LogP contribution in [0.15, 0.2) is 24.3 Å². The van der Waals surface area contributed by atoms with Crippen LogP contribution in [-0.2, 0) is 0 Å². The van der Waals surface area contributed by atoms with Crippen LogP contribution in [0.25, 0.3) is 0 Å². The molecule has 0 aliphatic rings. The third-order valence-electron chi connectivity index (χ3n) is 2.90. The second-order valence-electron chi connectivity index (χ2n) is 5.30. The van der Waals surface area contributed by atoms with E-state index in [4.69, 9.17) is 5.84 Å². The Morgan fingerprint density at radius 2 is 1.55 bits per heavy atom. The van der Waals surface area contributed by atoms with Gasteiger partial charge in [-0.15, -0.1) is 0 Å². The fourth-order valence-corrected chi connectivity index (χ4v) is 2.06. The lowest BCUT2D eigenvalue weighted by Gasteiger charge is -2.12. The Morgan fingerprint density at radius 3 is 2.10 bits per heavy atom. The number of aryl methyl sites for hydroxylation is 2. The number of nitrogens with one attached hydrogen (secondary N) is 2. The van der Waals surface area contributed by atoms with Gasteiger partial charge in [0.05, 0.1) is 0 Å². The minimum atomic E-state index is 0.239. The Balaban J connectivity index is 2.34. The summed E-state index contributed by atoms with van der Waals surface area (Å²) >= 11 is 0. The molecular weight excluding hydrogens is 250 g/mol. The van der Waals surface area contributed by atoms with Gasteiger partial charge in [0, 0.05) is 17.7 Å². The van der Waals surface area contributed by atoms with Gasteiger partial charge in [-0.1, -0.05) is 19.9 Å². The number of nitrogens with two attached hydrogens (primary N) is 1. The molecule has 0 aliphatic carbocycles. The van der Waals surface area contributed by atoms with Crippen LogP contribution in [-0.4, -0.2) is 9.97 Å². The van der Waals surface area contributed by atoms with E-state index in [1.54, 1.807) is 6.07 Å². The summed E-state index contributed by atoms with van der Waals surface area (Å²) in [6, 6.07) is 8.10. The van der Waals surface area contributed by atoms with Crippen molar-refractivity contribution in [1.29, 1.82) is 0 Å². The minimum absolute atomic E-state index is 0.239. The predicted octanol–water partition coefficient (Wildman–Crippen LogP) is 3.25. The first-order valence-electron chi connectivity index (χ1n) is 6.69. The van der Waals surface area contributed by atoms with Crippen LogP contribution in [0.4, 0.5) is 17.3 Å². The second kappa shape index (κ2) is 5.88. The number of hydrazine groups is 1. The number of hydrogen-bond acceptors (Lipinski definition) is 5. The van der Waals surface area contributed by atoms with Crippen LogP contribution >= 0.6 is 0 Å². The Bertz CT molecular complexity index is 587. The van der Waals surface area contributed by atoms with E-state index in [1.807, 2.05) is 0 Å². The maximum absolute atomic E-state index is 5.46. The van der Waals surface area contributed by atoms with Gasteiger partial charge in [-0.3, -0.25) is 0 Å². The van der Waals surface area contributed by atoms with Gasteiger partial charge in [0.1, 0.15) is 17.5 Å². The number of nitrogens with zero attached hydrogens (tertiary/aromatic N) is 2. The van der Waals surface area contributed by atoms with Gasteiger partial charge in [0.25, 0.3) is 0 Å². The Labute approximate surface area is 119 Å². The van der Waals surface area contributed by atoms with E-state index in [1.165, 1.54) is 11.1 Å². The Hall–Kier alpha value is -2.14. The molecule has 1 heterocycles. The first-order valence-corrected chi connectivity index (χ1v) is 6.69. The highest BCUT2D eigenvalue weighted by Crippen LogP contribution is 2.21. The molecule has 0 bridgehead atoms. The third-order valence-corrected chi connectivity index (χ3v) is 2.90. The number of aromatic nitrogens is 2. The summed E-state index contributed by atoms with van der Waals surface area (Å²) in [7, 11) is 0. The first-order chi connectivity index (χ1) is 9.47. The molecule has 0 saturated heterocycles. The van der Waals surface area contributed by atoms with Crippen LogP contribution in [0.2, 0.25) is 0 Å². The molecule has 0 spiro atoms. The smallest absolute Gasteiger partial charge is 0.145 e. The van der Waals surface area contributed by atoms with Crippen molar-refractivity contribution in [2.45, 2.75) is 33.6 Å². The van der Waals surface area contributed by atoms with Crippen LogP contribution in [0, 0.1) is 13.8 Å². The van der Waals surface area contributed by atoms with Crippen molar-refractivity contribution in [2.24, 2.45) is 5.84 Å². The van der Waals surface area contributed by atoms with Gasteiger partial charge in [-0.25, -0.2) is 15.8 Å². The van der Waals surface area contributed by atoms with Crippen molar-refractivity contribution < 1.29 is 0 Å². The van der Waals surface area contributed by atoms with E-state index >= 15 is 0 Å². The third kappa shape index (κ3) is 3.45. The van der Waals surface area contributed by atoms with E-state index in [0.717, 1.165) is 17.3 Å². The van der Waals surface area contributed by atoms with E-state index < -0.39 is 0 Å². The van der Waals surface area contributed by atoms with Gasteiger partial charge >= 0.3 is 0 Å². The zero-order chi connectivity index (χ0) is 14.7. The fraction of sp³-hybridized carbons (Fsp3) is 0.333. The molecule has 0 radical (unpaired) electrons. The Kier molecular flexibility index (Phi) is 4.20. The molecular formula is C15H21N5. The van der Waals surface area contributed by atoms with Crippen molar-refractivity contribution >= 4 is 17.3 Å². The van der Waals surface area contributed by atoms with E-state index in [2.05, 4.69) is 66.6 Å². The maximum atomic E-state index is 5.46. The Morgan fingerprint density at radius 1 is 0.950 bits per heavy atom. The lowest BCUT2D eigenvalue weighted by molar-refractivity contribution is 0.777. The highest BCUT2D eigenvalue weighted by atomic mass is 15.3. The predicted molar refractivity (Wildman–Crippen MR) is 83.1 cm³/mol. The molecule has 2 aromatic rings. The van der Waals surface area contributed by atoms with E-state index in [-0.39, 0.29) is 5.92 Å². The molecule has 106 valence electrons. The van der Waals surface area contributed by atoms with Crippen LogP contribution in [0.5, 0.6) is 0 Å². The van der Waals surface area contributed by atoms with Gasteiger partial charge in [0.15, 0.2) is 0 Å². The fourth-order valence-electron chi connectivity index (χ4n) is 2.06. The van der Waals surface area contributed by atoms with Crippen LogP contribution < -0.4 is 16.6 Å². The van der Waals surface area contributed by atoms with Gasteiger partial charge in [0.2, 0.25) is 0 Å². The topological polar surface area (TPSA) is 75.9 Å². The average molecular weight is 271 g/mol. The lowest BCUT2D eigenvalue weighted by atomic mass is 10.1. The molecule has 0 aliphatic heterocycles. The number of anilines is 3. The summed E-state index contributed by atoms with van der Waals surface area (Å²) < 4.78 is 0. The molecule has 1 aromatic carbocycles. The molecule has 0 saturated carbocycles. The zero-order valence-corrected chi connectivity index (χ0v) is 12.4. The molecule has 0 fully saturated rings. The molecule has 5 heteroatoms. The first kappa shape index (κ1) is 14.3. The molecule has 0 unspecified atom stereocenters. The molecule has 5 nitrogen and oxygen atoms in total. The van der Waals surface area contributed by atoms with Crippen molar-refractivity contribution in [3.8, 4) is 0 Å². The summed E-state index contributed by atoms with van der Waals surface area (Å²) in [4.78, 5) is 8.86. The average Bonchev–Trinajstić information content (AvgIpc) is 2.36. The van der Waals surface area contributed by atoms with E-state index in [9.17, 15) is 0 Å². The van der Waals surface area contributed by atoms with Crippen molar-refractivity contribution in [2.75, 3.05) is 10.7 Å². The summed E-state index contributed by atoms with van der Waals surface area (Å²) in [6.45, 7) is 8.25. The van der Waals surface area contributed by atoms with Crippen LogP contribution in [0.1, 0.15) is 36.7 Å². The molecule has 4 N–H and O–H groups in total. The van der Waals surface area contributed by atoms with Gasteiger partial charge in [-0.2, -0.15) is 0 Å². The standard InChI is InChI=1S/C15H21N5/c1-9(2)15-18-13(8-14(19-15)20-16)17-12-6-10(3)5-11(4)7-12/h5-9H,16H2,1-4H3,(H2,17,18,19,20). The maximum Gasteiger partial charge on any atom is 0.145 e.